The molecule has 1 fully saturated rings. The Balaban J connectivity index is 1.69. The molecule has 4 aromatic rings. The number of carboxylic acid groups (broad SMARTS) is 1. The third-order valence-electron chi connectivity index (χ3n) is 6.36. The molecule has 0 atom stereocenters. The number of carbonyl (C=O) groups is 1. The van der Waals surface area contributed by atoms with Crippen molar-refractivity contribution in [1.29, 1.82) is 0 Å². The van der Waals surface area contributed by atoms with Crippen LogP contribution >= 0.6 is 0 Å². The number of aromatic nitrogens is 2. The van der Waals surface area contributed by atoms with E-state index in [0.29, 0.717) is 16.8 Å². The highest BCUT2D eigenvalue weighted by molar-refractivity contribution is 7.90. The maximum absolute atomic E-state index is 12.1. The second kappa shape index (κ2) is 7.95. The quantitative estimate of drug-likeness (QED) is 0.391. The molecule has 9 heteroatoms. The Kier molecular flexibility index (Phi) is 5.16. The van der Waals surface area contributed by atoms with Crippen LogP contribution in [0.25, 0.3) is 33.6 Å². The fourth-order valence-corrected chi connectivity index (χ4v) is 5.11. The van der Waals surface area contributed by atoms with Crippen molar-refractivity contribution in [3.63, 3.8) is 0 Å². The van der Waals surface area contributed by atoms with Gasteiger partial charge in [-0.05, 0) is 37.3 Å². The zero-order valence-electron chi connectivity index (χ0n) is 18.7. The van der Waals surface area contributed by atoms with Gasteiger partial charge in [-0.15, -0.1) is 0 Å². The molecule has 2 aromatic carbocycles. The van der Waals surface area contributed by atoms with Gasteiger partial charge in [0.15, 0.2) is 0 Å². The van der Waals surface area contributed by atoms with Crippen molar-refractivity contribution in [1.82, 2.24) is 15.3 Å². The summed E-state index contributed by atoms with van der Waals surface area (Å²) in [5.74, 6) is 0.546. The number of nitrogens with one attached hydrogen (secondary N) is 1. The Morgan fingerprint density at radius 3 is 2.26 bits per heavy atom. The summed E-state index contributed by atoms with van der Waals surface area (Å²) in [6, 6.07) is 17.3. The van der Waals surface area contributed by atoms with Crippen LogP contribution in [0.5, 0.6) is 0 Å². The Bertz CT molecular complexity index is 1510. The fraction of sp³-hybridized carbons (Fsp3) is 0.240. The number of amides is 1. The van der Waals surface area contributed by atoms with Crippen molar-refractivity contribution in [3.8, 4) is 22.5 Å². The van der Waals surface area contributed by atoms with E-state index in [1.807, 2.05) is 54.6 Å². The van der Waals surface area contributed by atoms with E-state index in [9.17, 15) is 18.3 Å². The van der Waals surface area contributed by atoms with Gasteiger partial charge in [0, 0.05) is 17.4 Å². The van der Waals surface area contributed by atoms with Gasteiger partial charge >= 0.3 is 6.09 Å². The van der Waals surface area contributed by atoms with E-state index < -0.39 is 21.5 Å². The molecule has 0 aliphatic heterocycles. The highest BCUT2D eigenvalue weighted by atomic mass is 32.2. The van der Waals surface area contributed by atoms with Gasteiger partial charge in [0.2, 0.25) is 20.7 Å². The van der Waals surface area contributed by atoms with Crippen molar-refractivity contribution in [2.24, 2.45) is 0 Å². The predicted molar refractivity (Wildman–Crippen MR) is 127 cm³/mol. The van der Waals surface area contributed by atoms with Crippen LogP contribution in [0.15, 0.2) is 64.2 Å². The number of rotatable bonds is 5. The molecule has 0 saturated heterocycles. The fourth-order valence-electron chi connectivity index (χ4n) is 4.56. The molecule has 34 heavy (non-hydrogen) atoms. The SMILES string of the molecule is Cc1nc(S(C)(=O)=O)nc2oc(-c3ccc(C4(NC(=O)O)CCC4)cc3)c(-c3ccccc3)c12. The van der Waals surface area contributed by atoms with E-state index in [1.54, 1.807) is 6.92 Å². The molecular weight excluding hydrogens is 454 g/mol. The molecule has 0 bridgehead atoms. The largest absolute Gasteiger partial charge is 0.465 e. The maximum atomic E-state index is 12.1. The number of benzene rings is 2. The van der Waals surface area contributed by atoms with Crippen LogP contribution in [-0.4, -0.2) is 35.8 Å². The molecule has 2 aromatic heterocycles. The summed E-state index contributed by atoms with van der Waals surface area (Å²) in [5, 5.41) is 12.3. The summed E-state index contributed by atoms with van der Waals surface area (Å²) >= 11 is 0. The molecule has 1 amide bonds. The minimum atomic E-state index is -3.62. The van der Waals surface area contributed by atoms with Gasteiger partial charge in [-0.25, -0.2) is 18.2 Å². The molecule has 1 aliphatic carbocycles. The lowest BCUT2D eigenvalue weighted by Crippen LogP contribution is -2.50. The third-order valence-corrected chi connectivity index (χ3v) is 7.20. The number of sulfone groups is 1. The topological polar surface area (TPSA) is 122 Å². The predicted octanol–water partition coefficient (Wildman–Crippen LogP) is 4.92. The van der Waals surface area contributed by atoms with Crippen LogP contribution in [0.1, 0.15) is 30.5 Å². The molecule has 0 unspecified atom stereocenters. The first-order valence-corrected chi connectivity index (χ1v) is 12.8. The van der Waals surface area contributed by atoms with Crippen molar-refractivity contribution in [2.75, 3.05) is 6.26 Å². The smallest absolute Gasteiger partial charge is 0.405 e. The van der Waals surface area contributed by atoms with Gasteiger partial charge in [0.05, 0.1) is 16.6 Å². The summed E-state index contributed by atoms with van der Waals surface area (Å²) in [4.78, 5) is 19.8. The van der Waals surface area contributed by atoms with Crippen LogP contribution in [0.3, 0.4) is 0 Å². The van der Waals surface area contributed by atoms with Crippen LogP contribution in [0, 0.1) is 6.92 Å². The van der Waals surface area contributed by atoms with E-state index in [0.717, 1.165) is 47.8 Å². The zero-order valence-corrected chi connectivity index (χ0v) is 19.5. The number of hydrogen-bond acceptors (Lipinski definition) is 6. The normalized spacial score (nSPS) is 15.1. The summed E-state index contributed by atoms with van der Waals surface area (Å²) < 4.78 is 30.3. The molecule has 1 saturated carbocycles. The highest BCUT2D eigenvalue weighted by Crippen LogP contribution is 2.44. The Hall–Kier alpha value is -3.72. The summed E-state index contributed by atoms with van der Waals surface area (Å²) in [6.07, 6.45) is 2.49. The number of aryl methyl sites for hydroxylation is 1. The van der Waals surface area contributed by atoms with Crippen molar-refractivity contribution < 1.29 is 22.7 Å². The Labute approximate surface area is 196 Å². The van der Waals surface area contributed by atoms with Gasteiger partial charge in [-0.1, -0.05) is 54.6 Å². The molecule has 2 heterocycles. The van der Waals surface area contributed by atoms with Gasteiger partial charge < -0.3 is 14.8 Å². The number of fused-ring (bicyclic) bond motifs is 1. The van der Waals surface area contributed by atoms with E-state index in [2.05, 4.69) is 15.3 Å². The van der Waals surface area contributed by atoms with Crippen molar-refractivity contribution >= 4 is 27.0 Å². The average Bonchev–Trinajstić information content (AvgIpc) is 3.16. The molecule has 5 rings (SSSR count). The number of furan rings is 1. The van der Waals surface area contributed by atoms with Crippen LogP contribution in [0.4, 0.5) is 4.79 Å². The van der Waals surface area contributed by atoms with Crippen molar-refractivity contribution in [2.45, 2.75) is 36.9 Å². The van der Waals surface area contributed by atoms with Gasteiger partial charge in [0.25, 0.3) is 0 Å². The highest BCUT2D eigenvalue weighted by Gasteiger charge is 2.40. The summed E-state index contributed by atoms with van der Waals surface area (Å²) in [5.41, 5.74) is 3.49. The lowest BCUT2D eigenvalue weighted by atomic mass is 9.72. The summed E-state index contributed by atoms with van der Waals surface area (Å²) in [6.45, 7) is 1.74. The lowest BCUT2D eigenvalue weighted by molar-refractivity contribution is 0.144. The second-order valence-corrected chi connectivity index (χ2v) is 10.6. The summed E-state index contributed by atoms with van der Waals surface area (Å²) in [7, 11) is -3.62. The number of nitrogens with zero attached hydrogens (tertiary/aromatic N) is 2. The van der Waals surface area contributed by atoms with E-state index in [-0.39, 0.29) is 10.9 Å². The molecular formula is C25H23N3O5S. The second-order valence-electron chi connectivity index (χ2n) is 8.66. The minimum absolute atomic E-state index is 0.203. The Morgan fingerprint density at radius 1 is 1.03 bits per heavy atom. The first-order valence-electron chi connectivity index (χ1n) is 10.9. The van der Waals surface area contributed by atoms with Gasteiger partial charge in [0.1, 0.15) is 5.76 Å². The standard InChI is InChI=1S/C25H23N3O5S/c1-15-19-20(16-7-4-3-5-8-16)21(33-22(19)27-23(26-15)34(2,31)32)17-9-11-18(12-10-17)25(13-6-14-25)28-24(29)30/h3-5,7-12,28H,6,13-14H2,1-2H3,(H,29,30). The average molecular weight is 478 g/mol. The van der Waals surface area contributed by atoms with E-state index in [1.165, 1.54) is 0 Å². The molecule has 1 aliphatic rings. The lowest BCUT2D eigenvalue weighted by Gasteiger charge is -2.42. The first kappa shape index (κ1) is 22.1. The Morgan fingerprint density at radius 2 is 1.71 bits per heavy atom. The van der Waals surface area contributed by atoms with E-state index >= 15 is 0 Å². The molecule has 8 nitrogen and oxygen atoms in total. The first-order chi connectivity index (χ1) is 16.2. The van der Waals surface area contributed by atoms with Crippen LogP contribution in [0.2, 0.25) is 0 Å². The van der Waals surface area contributed by atoms with Crippen LogP contribution in [-0.2, 0) is 15.4 Å². The molecule has 0 spiro atoms. The molecule has 174 valence electrons. The van der Waals surface area contributed by atoms with Crippen LogP contribution < -0.4 is 5.32 Å². The van der Waals surface area contributed by atoms with Gasteiger partial charge in [-0.3, -0.25) is 0 Å². The maximum Gasteiger partial charge on any atom is 0.405 e. The molecule has 0 radical (unpaired) electrons. The number of hydrogen-bond donors (Lipinski definition) is 2. The van der Waals surface area contributed by atoms with Gasteiger partial charge in [-0.2, -0.15) is 4.98 Å². The third kappa shape index (κ3) is 3.71. The monoisotopic (exact) mass is 477 g/mol. The van der Waals surface area contributed by atoms with E-state index in [4.69, 9.17) is 4.42 Å². The zero-order chi connectivity index (χ0) is 24.1. The molecule has 2 N–H and O–H groups in total. The van der Waals surface area contributed by atoms with Crippen molar-refractivity contribution in [3.05, 3.63) is 65.9 Å². The minimum Gasteiger partial charge on any atom is -0.465 e.